The molecule has 2 unspecified atom stereocenters. The monoisotopic (exact) mass is 525 g/mol. The van der Waals surface area contributed by atoms with Crippen molar-refractivity contribution in [3.05, 3.63) is 65.0 Å². The van der Waals surface area contributed by atoms with Gasteiger partial charge in [0.15, 0.2) is 34.6 Å². The van der Waals surface area contributed by atoms with Crippen LogP contribution in [0.1, 0.15) is 44.2 Å². The zero-order chi connectivity index (χ0) is 28.0. The zero-order valence-corrected chi connectivity index (χ0v) is 22.1. The molecule has 0 aliphatic heterocycles. The lowest BCUT2D eigenvalue weighted by molar-refractivity contribution is 0.0955. The minimum absolute atomic E-state index is 0.231. The van der Waals surface area contributed by atoms with E-state index in [0.717, 1.165) is 0 Å². The molecule has 0 fully saturated rings. The topological polar surface area (TPSA) is 154 Å². The summed E-state index contributed by atoms with van der Waals surface area (Å²) in [6.45, 7) is 0. The van der Waals surface area contributed by atoms with Crippen molar-refractivity contribution in [3.63, 3.8) is 0 Å². The first kappa shape index (κ1) is 28.2. The Morgan fingerprint density at radius 3 is 1.18 bits per heavy atom. The molecule has 0 aliphatic carbocycles. The van der Waals surface area contributed by atoms with Crippen LogP contribution in [-0.2, 0) is 0 Å². The van der Waals surface area contributed by atoms with Crippen LogP contribution in [0.15, 0.2) is 42.5 Å². The summed E-state index contributed by atoms with van der Waals surface area (Å²) in [6, 6.07) is 8.52. The third-order valence-corrected chi connectivity index (χ3v) is 5.89. The van der Waals surface area contributed by atoms with Crippen LogP contribution in [0.25, 0.3) is 0 Å². The fourth-order valence-electron chi connectivity index (χ4n) is 3.89. The highest BCUT2D eigenvalue weighted by molar-refractivity contribution is 6.02. The van der Waals surface area contributed by atoms with Crippen LogP contribution in [0, 0.1) is 0 Å². The smallest absolute Gasteiger partial charge is 0.203 e. The molecule has 0 radical (unpaired) electrons. The average molecular weight is 526 g/mol. The number of carbonyl (C=O) groups excluding carboxylic acids is 2. The molecule has 11 heteroatoms. The Labute approximate surface area is 220 Å². The second-order valence-electron chi connectivity index (χ2n) is 8.00. The number of ether oxygens (including phenoxy) is 6. The van der Waals surface area contributed by atoms with Crippen LogP contribution < -0.4 is 39.9 Å². The molecule has 4 N–H and O–H groups in total. The van der Waals surface area contributed by atoms with Gasteiger partial charge < -0.3 is 39.9 Å². The Kier molecular flexibility index (Phi) is 9.11. The van der Waals surface area contributed by atoms with E-state index in [-0.39, 0.29) is 22.5 Å². The van der Waals surface area contributed by atoms with E-state index in [9.17, 15) is 9.59 Å². The third kappa shape index (κ3) is 5.48. The SMILES string of the molecule is COc1cc(C(=O)C(N)c2cccc(C(N)C(=O)c3cc(OC)c(OC)c(OC)c3)n2)cc(OC)c1OC. The number of hydrogen-bond acceptors (Lipinski definition) is 11. The molecule has 202 valence electrons. The van der Waals surface area contributed by atoms with Gasteiger partial charge in [0.25, 0.3) is 0 Å². The lowest BCUT2D eigenvalue weighted by Crippen LogP contribution is -2.26. The van der Waals surface area contributed by atoms with Gasteiger partial charge >= 0.3 is 0 Å². The average Bonchev–Trinajstić information content (AvgIpc) is 2.97. The number of hydrogen-bond donors (Lipinski definition) is 2. The number of nitrogens with two attached hydrogens (primary N) is 2. The number of aromatic nitrogens is 1. The highest BCUT2D eigenvalue weighted by atomic mass is 16.5. The molecule has 0 spiro atoms. The highest BCUT2D eigenvalue weighted by Gasteiger charge is 2.26. The van der Waals surface area contributed by atoms with E-state index in [1.807, 2.05) is 0 Å². The summed E-state index contributed by atoms with van der Waals surface area (Å²) in [5.41, 5.74) is 13.5. The first-order valence-corrected chi connectivity index (χ1v) is 11.4. The molecule has 1 heterocycles. The van der Waals surface area contributed by atoms with Crippen LogP contribution in [-0.4, -0.2) is 59.2 Å². The second kappa shape index (κ2) is 12.3. The van der Waals surface area contributed by atoms with Gasteiger partial charge in [-0.15, -0.1) is 0 Å². The number of Topliss-reactive ketones (excluding diaryl/α,β-unsaturated/α-hetero) is 2. The minimum atomic E-state index is -1.15. The molecule has 0 aliphatic rings. The Morgan fingerprint density at radius 2 is 0.921 bits per heavy atom. The number of rotatable bonds is 12. The summed E-state index contributed by atoms with van der Waals surface area (Å²) in [4.78, 5) is 31.0. The van der Waals surface area contributed by atoms with Crippen LogP contribution in [0.4, 0.5) is 0 Å². The number of methoxy groups -OCH3 is 6. The van der Waals surface area contributed by atoms with Crippen LogP contribution >= 0.6 is 0 Å². The van der Waals surface area contributed by atoms with Gasteiger partial charge in [0.2, 0.25) is 11.5 Å². The molecule has 0 saturated heterocycles. The minimum Gasteiger partial charge on any atom is -0.493 e. The van der Waals surface area contributed by atoms with Gasteiger partial charge in [0.1, 0.15) is 12.1 Å². The van der Waals surface area contributed by atoms with E-state index in [1.54, 1.807) is 18.2 Å². The standard InChI is InChI=1S/C27H31N3O8/c1-33-18-10-14(11-19(34-2)26(18)37-5)24(31)22(28)16-8-7-9-17(30-16)23(29)25(32)15-12-20(35-3)27(38-6)21(13-15)36-4/h7-13,22-23H,28-29H2,1-6H3. The normalized spacial score (nSPS) is 12.2. The molecule has 0 saturated carbocycles. The van der Waals surface area contributed by atoms with E-state index in [0.29, 0.717) is 34.5 Å². The summed E-state index contributed by atoms with van der Waals surface area (Å²) in [5.74, 6) is 1.03. The first-order chi connectivity index (χ1) is 18.2. The third-order valence-electron chi connectivity index (χ3n) is 5.89. The molecule has 0 bridgehead atoms. The Bertz CT molecular complexity index is 1180. The number of pyridine rings is 1. The van der Waals surface area contributed by atoms with Crippen molar-refractivity contribution >= 4 is 11.6 Å². The van der Waals surface area contributed by atoms with Gasteiger partial charge in [-0.3, -0.25) is 14.6 Å². The second-order valence-corrected chi connectivity index (χ2v) is 8.00. The maximum Gasteiger partial charge on any atom is 0.203 e. The number of benzene rings is 2. The summed E-state index contributed by atoms with van der Waals surface area (Å²) in [6.07, 6.45) is 0. The Hall–Kier alpha value is -4.35. The van der Waals surface area contributed by atoms with Gasteiger partial charge in [-0.25, -0.2) is 0 Å². The van der Waals surface area contributed by atoms with Crippen molar-refractivity contribution in [3.8, 4) is 34.5 Å². The van der Waals surface area contributed by atoms with Gasteiger partial charge in [0.05, 0.1) is 54.0 Å². The van der Waals surface area contributed by atoms with Crippen molar-refractivity contribution in [2.45, 2.75) is 12.1 Å². The largest absolute Gasteiger partial charge is 0.493 e. The molecule has 2 atom stereocenters. The fraction of sp³-hybridized carbons (Fsp3) is 0.296. The van der Waals surface area contributed by atoms with Crippen LogP contribution in [0.5, 0.6) is 34.5 Å². The van der Waals surface area contributed by atoms with Gasteiger partial charge in [-0.2, -0.15) is 0 Å². The molecular weight excluding hydrogens is 494 g/mol. The van der Waals surface area contributed by atoms with Crippen molar-refractivity contribution in [1.29, 1.82) is 0 Å². The van der Waals surface area contributed by atoms with Gasteiger partial charge in [0, 0.05) is 11.1 Å². The Morgan fingerprint density at radius 1 is 0.605 bits per heavy atom. The molecule has 1 aromatic heterocycles. The van der Waals surface area contributed by atoms with Crippen molar-refractivity contribution in [1.82, 2.24) is 4.98 Å². The first-order valence-electron chi connectivity index (χ1n) is 11.4. The summed E-state index contributed by atoms with van der Waals surface area (Å²) in [7, 11) is 8.72. The molecule has 2 aromatic carbocycles. The summed E-state index contributed by atoms with van der Waals surface area (Å²) in [5, 5.41) is 0. The summed E-state index contributed by atoms with van der Waals surface area (Å²) >= 11 is 0. The molecule has 38 heavy (non-hydrogen) atoms. The molecule has 11 nitrogen and oxygen atoms in total. The van der Waals surface area contributed by atoms with Gasteiger partial charge in [-0.1, -0.05) is 6.07 Å². The van der Waals surface area contributed by atoms with E-state index < -0.39 is 23.7 Å². The highest BCUT2D eigenvalue weighted by Crippen LogP contribution is 2.40. The number of carbonyl (C=O) groups is 2. The number of ketones is 2. The summed E-state index contributed by atoms with van der Waals surface area (Å²) < 4.78 is 31.9. The van der Waals surface area contributed by atoms with Crippen molar-refractivity contribution in [2.24, 2.45) is 11.5 Å². The predicted molar refractivity (Wildman–Crippen MR) is 139 cm³/mol. The van der Waals surface area contributed by atoms with Crippen LogP contribution in [0.2, 0.25) is 0 Å². The quantitative estimate of drug-likeness (QED) is 0.335. The van der Waals surface area contributed by atoms with E-state index >= 15 is 0 Å². The zero-order valence-electron chi connectivity index (χ0n) is 22.1. The fourth-order valence-corrected chi connectivity index (χ4v) is 3.89. The van der Waals surface area contributed by atoms with E-state index in [1.165, 1.54) is 66.9 Å². The number of nitrogens with zero attached hydrogens (tertiary/aromatic N) is 1. The predicted octanol–water partition coefficient (Wildman–Crippen LogP) is 2.90. The molecule has 0 amide bonds. The molecule has 3 aromatic rings. The lowest BCUT2D eigenvalue weighted by atomic mass is 9.98. The van der Waals surface area contributed by atoms with Crippen molar-refractivity contribution in [2.75, 3.05) is 42.7 Å². The van der Waals surface area contributed by atoms with Crippen LogP contribution in [0.3, 0.4) is 0 Å². The van der Waals surface area contributed by atoms with Gasteiger partial charge in [-0.05, 0) is 36.4 Å². The maximum atomic E-state index is 13.3. The lowest BCUT2D eigenvalue weighted by Gasteiger charge is -2.17. The van der Waals surface area contributed by atoms with E-state index in [4.69, 9.17) is 39.9 Å². The van der Waals surface area contributed by atoms with Crippen molar-refractivity contribution < 1.29 is 38.0 Å². The molecular formula is C27H31N3O8. The molecule has 3 rings (SSSR count). The van der Waals surface area contributed by atoms with E-state index in [2.05, 4.69) is 4.98 Å². The Balaban J connectivity index is 1.92. The maximum absolute atomic E-state index is 13.3.